The molecule has 0 bridgehead atoms. The minimum Gasteiger partial charge on any atom is -0.379 e. The molecular formula is C7H17N2+. The summed E-state index contributed by atoms with van der Waals surface area (Å²) in [5.74, 6) is 0. The quantitative estimate of drug-likeness (QED) is 0.497. The fourth-order valence-corrected chi connectivity index (χ4v) is 0.333. The van der Waals surface area contributed by atoms with Crippen molar-refractivity contribution in [2.75, 3.05) is 35.2 Å². The number of nitrogens with zero attached hydrogens (tertiary/aromatic N) is 2. The van der Waals surface area contributed by atoms with Gasteiger partial charge in [0.2, 0.25) is 0 Å². The van der Waals surface area contributed by atoms with E-state index in [0.717, 1.165) is 4.48 Å². The molecule has 54 valence electrons. The molecule has 9 heavy (non-hydrogen) atoms. The highest BCUT2D eigenvalue weighted by molar-refractivity contribution is 4.68. The van der Waals surface area contributed by atoms with Crippen LogP contribution in [0.4, 0.5) is 0 Å². The van der Waals surface area contributed by atoms with Crippen molar-refractivity contribution in [1.82, 2.24) is 4.90 Å². The molecule has 0 aromatic heterocycles. The Balaban J connectivity index is 3.71. The summed E-state index contributed by atoms with van der Waals surface area (Å²) in [6.45, 7) is 0. The van der Waals surface area contributed by atoms with Crippen LogP contribution in [0, 0.1) is 0 Å². The van der Waals surface area contributed by atoms with Crippen molar-refractivity contribution in [2.24, 2.45) is 0 Å². The second-order valence-corrected chi connectivity index (χ2v) is 3.38. The molecule has 0 N–H and O–H groups in total. The predicted octanol–water partition coefficient (Wildman–Crippen LogP) is 0.725. The van der Waals surface area contributed by atoms with Crippen LogP contribution in [0.25, 0.3) is 0 Å². The first kappa shape index (κ1) is 8.50. The van der Waals surface area contributed by atoms with Crippen LogP contribution in [-0.4, -0.2) is 44.6 Å². The molecule has 0 rings (SSSR count). The summed E-state index contributed by atoms with van der Waals surface area (Å²) in [6, 6.07) is 0. The van der Waals surface area contributed by atoms with Gasteiger partial charge in [0.05, 0.1) is 27.3 Å². The third-order valence-corrected chi connectivity index (χ3v) is 0.812. The lowest BCUT2D eigenvalue weighted by molar-refractivity contribution is -0.817. The topological polar surface area (TPSA) is 3.24 Å². The lowest BCUT2D eigenvalue weighted by Crippen LogP contribution is -2.27. The van der Waals surface area contributed by atoms with E-state index in [1.807, 2.05) is 19.0 Å². The van der Waals surface area contributed by atoms with Gasteiger partial charge >= 0.3 is 0 Å². The van der Waals surface area contributed by atoms with Gasteiger partial charge < -0.3 is 9.38 Å². The van der Waals surface area contributed by atoms with E-state index < -0.39 is 0 Å². The molecule has 2 nitrogen and oxygen atoms in total. The molecular weight excluding hydrogens is 112 g/mol. The molecule has 0 unspecified atom stereocenters. The maximum Gasteiger partial charge on any atom is 0.111 e. The predicted molar refractivity (Wildman–Crippen MR) is 40.9 cm³/mol. The number of hydrogen-bond donors (Lipinski definition) is 0. The second-order valence-electron chi connectivity index (χ2n) is 3.38. The molecule has 0 fully saturated rings. The van der Waals surface area contributed by atoms with E-state index in [2.05, 4.69) is 33.5 Å². The van der Waals surface area contributed by atoms with E-state index >= 15 is 0 Å². The van der Waals surface area contributed by atoms with Crippen molar-refractivity contribution in [3.8, 4) is 0 Å². The highest BCUT2D eigenvalue weighted by Crippen LogP contribution is 1.91. The van der Waals surface area contributed by atoms with Crippen LogP contribution in [0.15, 0.2) is 12.4 Å². The molecule has 0 aliphatic carbocycles. The van der Waals surface area contributed by atoms with Crippen molar-refractivity contribution in [3.05, 3.63) is 12.4 Å². The fourth-order valence-electron chi connectivity index (χ4n) is 0.333. The van der Waals surface area contributed by atoms with Crippen LogP contribution in [0.2, 0.25) is 0 Å². The molecule has 0 aromatic rings. The zero-order chi connectivity index (χ0) is 7.49. The van der Waals surface area contributed by atoms with Gasteiger partial charge in [0.25, 0.3) is 0 Å². The Hall–Kier alpha value is -0.500. The molecule has 0 aliphatic heterocycles. The first-order valence-electron chi connectivity index (χ1n) is 3.09. The zero-order valence-electron chi connectivity index (χ0n) is 7.05. The Morgan fingerprint density at radius 2 is 1.56 bits per heavy atom. The average Bonchev–Trinajstić information content (AvgIpc) is 1.59. The molecule has 0 heterocycles. The fraction of sp³-hybridized carbons (Fsp3) is 0.714. The Bertz CT molecular complexity index is 98.0. The average molecular weight is 129 g/mol. The SMILES string of the molecule is CN(C)/C=C\[N+](C)(C)C. The maximum atomic E-state index is 2.12. The Labute approximate surface area is 58.0 Å². The maximum absolute atomic E-state index is 2.12. The van der Waals surface area contributed by atoms with E-state index in [4.69, 9.17) is 0 Å². The van der Waals surface area contributed by atoms with Crippen molar-refractivity contribution >= 4 is 0 Å². The van der Waals surface area contributed by atoms with Crippen molar-refractivity contribution < 1.29 is 4.48 Å². The summed E-state index contributed by atoms with van der Waals surface area (Å²) in [5, 5.41) is 0. The van der Waals surface area contributed by atoms with E-state index in [1.54, 1.807) is 0 Å². The van der Waals surface area contributed by atoms with Gasteiger partial charge in [-0.25, -0.2) is 0 Å². The van der Waals surface area contributed by atoms with Gasteiger partial charge in [0.15, 0.2) is 0 Å². The molecule has 0 radical (unpaired) electrons. The van der Waals surface area contributed by atoms with Crippen molar-refractivity contribution in [3.63, 3.8) is 0 Å². The van der Waals surface area contributed by atoms with Gasteiger partial charge in [-0.15, -0.1) is 0 Å². The highest BCUT2D eigenvalue weighted by atomic mass is 15.3. The van der Waals surface area contributed by atoms with Gasteiger partial charge in [-0.1, -0.05) is 0 Å². The van der Waals surface area contributed by atoms with E-state index in [-0.39, 0.29) is 0 Å². The summed E-state index contributed by atoms with van der Waals surface area (Å²) in [5.41, 5.74) is 0. The molecule has 2 heteroatoms. The van der Waals surface area contributed by atoms with Gasteiger partial charge in [0.1, 0.15) is 6.20 Å². The summed E-state index contributed by atoms with van der Waals surface area (Å²) in [7, 11) is 10.4. The Kier molecular flexibility index (Phi) is 2.71. The van der Waals surface area contributed by atoms with Crippen molar-refractivity contribution in [1.29, 1.82) is 0 Å². The Morgan fingerprint density at radius 1 is 1.11 bits per heavy atom. The second kappa shape index (κ2) is 2.87. The molecule has 0 amide bonds. The Morgan fingerprint density at radius 3 is 1.67 bits per heavy atom. The number of rotatable bonds is 2. The smallest absolute Gasteiger partial charge is 0.111 e. The molecule has 0 spiro atoms. The number of quaternary nitrogens is 1. The molecule has 0 aromatic carbocycles. The van der Waals surface area contributed by atoms with E-state index in [9.17, 15) is 0 Å². The monoisotopic (exact) mass is 129 g/mol. The van der Waals surface area contributed by atoms with Gasteiger partial charge in [-0.3, -0.25) is 0 Å². The van der Waals surface area contributed by atoms with Gasteiger partial charge in [0, 0.05) is 14.1 Å². The van der Waals surface area contributed by atoms with Crippen molar-refractivity contribution in [2.45, 2.75) is 0 Å². The van der Waals surface area contributed by atoms with Crippen LogP contribution in [0.1, 0.15) is 0 Å². The summed E-state index contributed by atoms with van der Waals surface area (Å²) < 4.78 is 0.873. The summed E-state index contributed by atoms with van der Waals surface area (Å²) >= 11 is 0. The third-order valence-electron chi connectivity index (χ3n) is 0.812. The minimum atomic E-state index is 0.873. The first-order chi connectivity index (χ1) is 3.92. The summed E-state index contributed by atoms with van der Waals surface area (Å²) in [6.07, 6.45) is 4.18. The molecule has 0 saturated heterocycles. The van der Waals surface area contributed by atoms with Gasteiger partial charge in [-0.2, -0.15) is 0 Å². The van der Waals surface area contributed by atoms with Gasteiger partial charge in [-0.05, 0) is 0 Å². The standard InChI is InChI=1S/C7H17N2/c1-8(2)6-7-9(3,4)5/h6-7H,1-5H3/q+1/b7-6-. The third kappa shape index (κ3) is 7.50. The molecule has 0 saturated carbocycles. The highest BCUT2D eigenvalue weighted by Gasteiger charge is 1.98. The molecule has 0 aliphatic rings. The van der Waals surface area contributed by atoms with Crippen LogP contribution >= 0.6 is 0 Å². The minimum absolute atomic E-state index is 0.873. The van der Waals surface area contributed by atoms with Crippen LogP contribution in [0.3, 0.4) is 0 Å². The van der Waals surface area contributed by atoms with E-state index in [0.29, 0.717) is 0 Å². The van der Waals surface area contributed by atoms with Crippen LogP contribution in [-0.2, 0) is 0 Å². The lowest BCUT2D eigenvalue weighted by Gasteiger charge is -2.18. The largest absolute Gasteiger partial charge is 0.379 e. The van der Waals surface area contributed by atoms with E-state index in [1.165, 1.54) is 0 Å². The normalized spacial score (nSPS) is 12.6. The first-order valence-corrected chi connectivity index (χ1v) is 3.09. The van der Waals surface area contributed by atoms with Crippen LogP contribution < -0.4 is 0 Å². The lowest BCUT2D eigenvalue weighted by atomic mass is 10.6. The zero-order valence-corrected chi connectivity index (χ0v) is 7.05. The number of hydrogen-bond acceptors (Lipinski definition) is 1. The molecule has 0 atom stereocenters. The summed E-state index contributed by atoms with van der Waals surface area (Å²) in [4.78, 5) is 2.03. The van der Waals surface area contributed by atoms with Crippen LogP contribution in [0.5, 0.6) is 0 Å².